The lowest BCUT2D eigenvalue weighted by molar-refractivity contribution is -0.145. The Labute approximate surface area is 864 Å². The molecular formula is C107H85BrCl2F4N22O13. The fourth-order valence-corrected chi connectivity index (χ4v) is 15.2. The van der Waals surface area contributed by atoms with Gasteiger partial charge in [0.25, 0.3) is 0 Å². The zero-order valence-electron chi connectivity index (χ0n) is 79.3. The molecule has 0 saturated heterocycles. The van der Waals surface area contributed by atoms with Crippen LogP contribution in [-0.4, -0.2) is 142 Å². The summed E-state index contributed by atoms with van der Waals surface area (Å²) in [5, 5.41) is 10.6. The molecule has 0 saturated carbocycles. The van der Waals surface area contributed by atoms with E-state index in [2.05, 4.69) is 107 Å². The number of carbonyl (C=O) groups is 4. The van der Waals surface area contributed by atoms with Gasteiger partial charge in [-0.3, -0.25) is 19.2 Å². The van der Waals surface area contributed by atoms with Crippen molar-refractivity contribution in [2.45, 2.75) is 77.5 Å². The molecule has 0 fully saturated rings. The molecule has 0 aliphatic carbocycles. The molecule has 0 radical (unpaired) electrons. The van der Waals surface area contributed by atoms with E-state index < -0.39 is 47.0 Å². The van der Waals surface area contributed by atoms with Gasteiger partial charge >= 0.3 is 71.1 Å². The number of hydrogen-bond donors (Lipinski definition) is 4. The Morgan fingerprint density at radius 3 is 0.893 bits per heavy atom. The number of carbonyl (C=O) groups excluding carboxylic acids is 4. The van der Waals surface area contributed by atoms with Gasteiger partial charge in [0, 0.05) is 40.1 Å². The average molecular weight is 2110 g/mol. The van der Waals surface area contributed by atoms with Crippen molar-refractivity contribution in [2.75, 3.05) is 28.4 Å². The highest BCUT2D eigenvalue weighted by Crippen LogP contribution is 2.37. The smallest absolute Gasteiger partial charge is 0.324 e. The molecule has 4 N–H and O–H groups in total. The first-order valence-corrected chi connectivity index (χ1v) is 47.0. The average Bonchev–Trinajstić information content (AvgIpc) is 1.64. The number of rotatable bonds is 33. The predicted octanol–water partition coefficient (Wildman–Crippen LogP) is 21.3. The van der Waals surface area contributed by atoms with E-state index in [1.165, 1.54) is 32.0 Å². The number of benzene rings is 8. The number of hydrogen-bond acceptors (Lipinski definition) is 27. The van der Waals surface area contributed by atoms with E-state index in [0.29, 0.717) is 84.4 Å². The molecule has 4 atom stereocenters. The highest BCUT2D eigenvalue weighted by atomic mass is 79.9. The summed E-state index contributed by atoms with van der Waals surface area (Å²) in [5.41, 5.74) is 7.84. The second-order valence-electron chi connectivity index (χ2n) is 32.5. The van der Waals surface area contributed by atoms with Gasteiger partial charge in [-0.1, -0.05) is 169 Å². The van der Waals surface area contributed by atoms with E-state index in [1.54, 1.807) is 237 Å². The second-order valence-corrected chi connectivity index (χ2v) is 34.1. The van der Waals surface area contributed by atoms with E-state index in [0.717, 1.165) is 59.8 Å². The number of halogens is 7. The number of pyridine rings is 6. The number of imidazole rings is 4. The lowest BCUT2D eigenvalue weighted by Crippen LogP contribution is -2.41. The van der Waals surface area contributed by atoms with Gasteiger partial charge in [-0.15, -0.1) is 0 Å². The predicted molar refractivity (Wildman–Crippen MR) is 550 cm³/mol. The van der Waals surface area contributed by atoms with Crippen LogP contribution in [-0.2, 0) is 45.6 Å². The summed E-state index contributed by atoms with van der Waals surface area (Å²) >= 11 is 16.3. The first kappa shape index (κ1) is 102. The van der Waals surface area contributed by atoms with Gasteiger partial charge in [-0.2, -0.15) is 37.5 Å². The maximum Gasteiger partial charge on any atom is 0.324 e. The van der Waals surface area contributed by atoms with Crippen molar-refractivity contribution in [3.05, 3.63) is 390 Å². The zero-order valence-corrected chi connectivity index (χ0v) is 82.4. The number of nitrogens with one attached hydrogen (secondary N) is 4. The van der Waals surface area contributed by atoms with Crippen LogP contribution in [0.15, 0.2) is 357 Å². The molecule has 0 aliphatic heterocycles. The molecule has 750 valence electrons. The third kappa shape index (κ3) is 25.5. The van der Waals surface area contributed by atoms with Crippen molar-refractivity contribution < 1.29 is 79.4 Å². The summed E-state index contributed by atoms with van der Waals surface area (Å²) in [6.45, 7) is 4.23. The number of ether oxygens (including phenoxy) is 9. The number of aromatic nitrogens is 18. The Bertz CT molecular complexity index is 7580. The molecule has 20 rings (SSSR count). The van der Waals surface area contributed by atoms with Crippen LogP contribution in [0.4, 0.5) is 40.8 Å². The van der Waals surface area contributed by atoms with Gasteiger partial charge in [0.1, 0.15) is 90.4 Å². The van der Waals surface area contributed by atoms with E-state index in [4.69, 9.17) is 65.8 Å². The van der Waals surface area contributed by atoms with E-state index in [9.17, 15) is 36.7 Å². The standard InChI is InChI=1S/C27H21BrFN5O3.C27H21ClFN5O3.C27H23FN6O4.C26H20ClFN6O3/c2*1-27(29,37-19-10-3-2-4-11-19)25(35)33-23-15-7-9-18(31-23)17-36-26-32-21-13-5-6-14-22(21)34(26)24-20(28)12-8-16-30-24;1-27(28,38-19-10-4-3-5-11-19)25(35)33-23-14-8-9-18(31-23)16-37-26-32-20-12-6-7-13-21(20)34(26)24-22(36-2)15-29-17-30-24;1-26(28,37-18-9-3-2-4-10-18)24(35)33-22-13-7-8-17(31-22)15-36-25-32-20-11-5-6-12-21(20)34(25)23-19(27)14-29-16-30-23/h2*2-16H,17H2,1H3,(H,31,33,35);3-15,17H,16H2,1-2H3,(H,31,33,35);2-14,16H,15H2,1H3,(H,31,33,35). The Hall–Kier alpha value is -18.4. The Morgan fingerprint density at radius 2 is 0.584 bits per heavy atom. The molecule has 149 heavy (non-hydrogen) atoms. The van der Waals surface area contributed by atoms with Crippen LogP contribution in [0.3, 0.4) is 0 Å². The fraction of sp³-hybridized carbons (Fsp3) is 0.121. The van der Waals surface area contributed by atoms with Crippen LogP contribution >= 0.6 is 39.1 Å². The Kier molecular flexibility index (Phi) is 31.9. The van der Waals surface area contributed by atoms with Gasteiger partial charge < -0.3 is 63.9 Å². The van der Waals surface area contributed by atoms with E-state index in [-0.39, 0.29) is 90.7 Å². The lowest BCUT2D eigenvalue weighted by atomic mass is 10.3. The molecule has 8 aromatic carbocycles. The molecule has 4 unspecified atom stereocenters. The van der Waals surface area contributed by atoms with Gasteiger partial charge in [0.2, 0.25) is 0 Å². The number of nitrogens with zero attached hydrogens (tertiary/aromatic N) is 18. The molecule has 12 heterocycles. The minimum absolute atomic E-state index is 0.00312. The zero-order chi connectivity index (χ0) is 104. The normalized spacial score (nSPS) is 12.6. The molecule has 4 amide bonds. The van der Waals surface area contributed by atoms with Crippen molar-refractivity contribution >= 4 is 130 Å². The number of alkyl halides is 4. The lowest BCUT2D eigenvalue weighted by Gasteiger charge is -2.21. The monoisotopic (exact) mass is 2110 g/mol. The van der Waals surface area contributed by atoms with Crippen molar-refractivity contribution in [3.63, 3.8) is 0 Å². The fourth-order valence-electron chi connectivity index (χ4n) is 14.4. The molecule has 0 aliphatic rings. The molecule has 12 aromatic heterocycles. The van der Waals surface area contributed by atoms with Crippen LogP contribution in [0.2, 0.25) is 10.0 Å². The van der Waals surface area contributed by atoms with Gasteiger partial charge in [0.05, 0.1) is 95.9 Å². The van der Waals surface area contributed by atoms with Crippen molar-refractivity contribution in [1.82, 2.24) is 88.0 Å². The van der Waals surface area contributed by atoms with Gasteiger partial charge in [-0.05, 0) is 186 Å². The summed E-state index contributed by atoms with van der Waals surface area (Å²) in [7, 11) is 1.53. The summed E-state index contributed by atoms with van der Waals surface area (Å²) < 4.78 is 118. The first-order chi connectivity index (χ1) is 72.2. The number of methoxy groups -OCH3 is 1. The Morgan fingerprint density at radius 1 is 0.309 bits per heavy atom. The largest absolute Gasteiger partial charge is 0.491 e. The van der Waals surface area contributed by atoms with E-state index in [1.807, 2.05) is 109 Å². The number of fused-ring (bicyclic) bond motifs is 4. The SMILES string of the molecule is CC(F)(Oc1ccccc1)C(=O)Nc1cccc(COc2nc3ccccc3n2-c2ncccc2Br)n1.CC(F)(Oc1ccccc1)C(=O)Nc1cccc(COc2nc3ccccc3n2-c2ncccc2Cl)n1.CC(F)(Oc1ccccc1)C(=O)Nc1cccc(COc2nc3ccccc3n2-c2ncncc2Cl)n1.COc1cncnc1-n1c(OCc2cccc(NC(=O)C(C)(F)Oc3ccccc3)n2)nc2ccccc21. The topological polar surface area (TPSA) is 400 Å². The van der Waals surface area contributed by atoms with Crippen molar-refractivity contribution in [3.8, 4) is 76.1 Å². The highest BCUT2D eigenvalue weighted by molar-refractivity contribution is 9.10. The minimum Gasteiger partial charge on any atom is -0.491 e. The minimum atomic E-state index is -2.61. The third-order valence-corrected chi connectivity index (χ3v) is 22.6. The van der Waals surface area contributed by atoms with Gasteiger partial charge in [-0.25, -0.2) is 68.1 Å². The van der Waals surface area contributed by atoms with Crippen LogP contribution in [0.1, 0.15) is 50.5 Å². The number of amides is 4. The summed E-state index contributed by atoms with van der Waals surface area (Å²) in [4.78, 5) is 111. The number of anilines is 4. The summed E-state index contributed by atoms with van der Waals surface area (Å²) in [6, 6.07) is 91.1. The Balaban J connectivity index is 0.000000135. The van der Waals surface area contributed by atoms with Gasteiger partial charge in [0.15, 0.2) is 29.0 Å². The summed E-state index contributed by atoms with van der Waals surface area (Å²) in [5.74, 6) is -10.5. The van der Waals surface area contributed by atoms with Crippen LogP contribution in [0.5, 0.6) is 52.8 Å². The molecule has 42 heteroatoms. The van der Waals surface area contributed by atoms with Crippen LogP contribution in [0.25, 0.3) is 67.4 Å². The van der Waals surface area contributed by atoms with E-state index >= 15 is 0 Å². The maximum absolute atomic E-state index is 15.0. The molecule has 20 aromatic rings. The first-order valence-electron chi connectivity index (χ1n) is 45.4. The molecule has 35 nitrogen and oxygen atoms in total. The second kappa shape index (κ2) is 46.5. The van der Waals surface area contributed by atoms with Crippen LogP contribution in [0, 0.1) is 0 Å². The van der Waals surface area contributed by atoms with Crippen molar-refractivity contribution in [2.24, 2.45) is 0 Å². The maximum atomic E-state index is 15.0. The quantitative estimate of drug-likeness (QED) is 0.0278. The molecule has 0 bridgehead atoms. The van der Waals surface area contributed by atoms with Crippen molar-refractivity contribution in [1.29, 1.82) is 0 Å². The highest BCUT2D eigenvalue weighted by Gasteiger charge is 2.40. The molecule has 0 spiro atoms. The third-order valence-electron chi connectivity index (χ3n) is 21.4. The number of para-hydroxylation sites is 12. The summed E-state index contributed by atoms with van der Waals surface area (Å²) in [6.07, 6.45) is 9.14. The molecular weight excluding hydrogens is 2030 g/mol. The van der Waals surface area contributed by atoms with Crippen LogP contribution < -0.4 is 63.9 Å².